The van der Waals surface area contributed by atoms with Crippen LogP contribution >= 0.6 is 22.9 Å². The monoisotopic (exact) mass is 322 g/mol. The van der Waals surface area contributed by atoms with Gasteiger partial charge in [-0.05, 0) is 49.9 Å². The minimum Gasteiger partial charge on any atom is -0.487 e. The van der Waals surface area contributed by atoms with Gasteiger partial charge in [0.15, 0.2) is 0 Å². The van der Waals surface area contributed by atoms with Crippen LogP contribution in [0.25, 0.3) is 0 Å². The van der Waals surface area contributed by atoms with Crippen molar-refractivity contribution in [3.63, 3.8) is 0 Å². The average molecular weight is 323 g/mol. The van der Waals surface area contributed by atoms with Crippen LogP contribution in [0.1, 0.15) is 34.7 Å². The summed E-state index contributed by atoms with van der Waals surface area (Å²) in [6.07, 6.45) is 2.60. The number of ether oxygens (including phenoxy) is 1. The molecule has 1 aromatic heterocycles. The van der Waals surface area contributed by atoms with Crippen molar-refractivity contribution in [1.29, 1.82) is 0 Å². The van der Waals surface area contributed by atoms with Crippen molar-refractivity contribution in [2.75, 3.05) is 0 Å². The molecule has 5 heteroatoms. The number of hydrogen-bond donors (Lipinski definition) is 1. The number of benzene rings is 1. The highest BCUT2D eigenvalue weighted by atomic mass is 35.5. The van der Waals surface area contributed by atoms with E-state index < -0.39 is 0 Å². The zero-order valence-corrected chi connectivity index (χ0v) is 13.9. The summed E-state index contributed by atoms with van der Waals surface area (Å²) in [6, 6.07) is 4.57. The lowest BCUT2D eigenvalue weighted by Gasteiger charge is -2.11. The second kappa shape index (κ2) is 6.34. The number of nitrogens with zero attached hydrogens (tertiary/aromatic N) is 1. The summed E-state index contributed by atoms with van der Waals surface area (Å²) in [5.74, 6) is 0.907. The van der Waals surface area contributed by atoms with Crippen molar-refractivity contribution in [2.24, 2.45) is 0 Å². The van der Waals surface area contributed by atoms with E-state index in [0.717, 1.165) is 39.1 Å². The first kappa shape index (κ1) is 14.8. The Kier molecular flexibility index (Phi) is 4.48. The lowest BCUT2D eigenvalue weighted by molar-refractivity contribution is 0.297. The maximum atomic E-state index is 6.03. The number of halogens is 1. The third-order valence-corrected chi connectivity index (χ3v) is 4.62. The largest absolute Gasteiger partial charge is 0.487 e. The molecule has 0 spiro atoms. The number of thiazole rings is 1. The Morgan fingerprint density at radius 2 is 2.05 bits per heavy atom. The summed E-state index contributed by atoms with van der Waals surface area (Å²) in [4.78, 5) is 4.61. The van der Waals surface area contributed by atoms with Gasteiger partial charge in [-0.1, -0.05) is 11.6 Å². The molecule has 0 saturated heterocycles. The molecule has 1 N–H and O–H groups in total. The molecule has 1 fully saturated rings. The van der Waals surface area contributed by atoms with Gasteiger partial charge in [0.05, 0.1) is 5.69 Å². The van der Waals surface area contributed by atoms with Gasteiger partial charge in [0.25, 0.3) is 0 Å². The summed E-state index contributed by atoms with van der Waals surface area (Å²) in [5.41, 5.74) is 3.11. The van der Waals surface area contributed by atoms with Gasteiger partial charge in [-0.15, -0.1) is 11.3 Å². The van der Waals surface area contributed by atoms with E-state index in [0.29, 0.717) is 12.6 Å². The molecule has 1 aliphatic rings. The molecule has 3 nitrogen and oxygen atoms in total. The lowest BCUT2D eigenvalue weighted by Crippen LogP contribution is -2.15. The highest BCUT2D eigenvalue weighted by Gasteiger charge is 2.20. The van der Waals surface area contributed by atoms with Gasteiger partial charge in [0.1, 0.15) is 17.4 Å². The first-order chi connectivity index (χ1) is 10.1. The predicted molar refractivity (Wildman–Crippen MR) is 87.2 cm³/mol. The van der Waals surface area contributed by atoms with E-state index >= 15 is 0 Å². The molecular formula is C16H19ClN2OS. The Hall–Kier alpha value is -1.10. The van der Waals surface area contributed by atoms with Crippen LogP contribution < -0.4 is 10.1 Å². The summed E-state index contributed by atoms with van der Waals surface area (Å²) in [7, 11) is 0. The average Bonchev–Trinajstić information content (AvgIpc) is 3.14. The van der Waals surface area contributed by atoms with Crippen LogP contribution in [-0.2, 0) is 13.2 Å². The summed E-state index contributed by atoms with van der Waals surface area (Å²) in [6.45, 7) is 5.40. The van der Waals surface area contributed by atoms with Crippen molar-refractivity contribution in [3.05, 3.63) is 44.4 Å². The minimum atomic E-state index is 0.503. The molecule has 2 aromatic rings. The van der Waals surface area contributed by atoms with Crippen LogP contribution in [0, 0.1) is 13.8 Å². The lowest BCUT2D eigenvalue weighted by atomic mass is 10.1. The Labute approximate surface area is 134 Å². The first-order valence-electron chi connectivity index (χ1n) is 7.18. The molecule has 0 amide bonds. The maximum Gasteiger partial charge on any atom is 0.131 e. The summed E-state index contributed by atoms with van der Waals surface area (Å²) in [5, 5.41) is 7.43. The van der Waals surface area contributed by atoms with Crippen LogP contribution in [0.5, 0.6) is 5.75 Å². The molecule has 1 heterocycles. The number of aryl methyl sites for hydroxylation is 2. The van der Waals surface area contributed by atoms with Crippen LogP contribution in [-0.4, -0.2) is 11.0 Å². The van der Waals surface area contributed by atoms with Crippen molar-refractivity contribution in [2.45, 2.75) is 45.9 Å². The zero-order valence-electron chi connectivity index (χ0n) is 12.3. The number of nitrogens with one attached hydrogen (secondary N) is 1. The van der Waals surface area contributed by atoms with Crippen molar-refractivity contribution in [1.82, 2.24) is 10.3 Å². The third-order valence-electron chi connectivity index (χ3n) is 3.51. The van der Waals surface area contributed by atoms with Crippen molar-refractivity contribution >= 4 is 22.9 Å². The van der Waals surface area contributed by atoms with Crippen molar-refractivity contribution < 1.29 is 4.74 Å². The Morgan fingerprint density at radius 1 is 1.33 bits per heavy atom. The van der Waals surface area contributed by atoms with Gasteiger partial charge in [0, 0.05) is 23.0 Å². The highest BCUT2D eigenvalue weighted by molar-refractivity contribution is 7.09. The Morgan fingerprint density at radius 3 is 2.71 bits per heavy atom. The summed E-state index contributed by atoms with van der Waals surface area (Å²) < 4.78 is 5.93. The smallest absolute Gasteiger partial charge is 0.131 e. The van der Waals surface area contributed by atoms with Gasteiger partial charge >= 0.3 is 0 Å². The second-order valence-electron chi connectivity index (χ2n) is 5.55. The fourth-order valence-corrected chi connectivity index (χ4v) is 3.34. The minimum absolute atomic E-state index is 0.503. The topological polar surface area (TPSA) is 34.1 Å². The zero-order chi connectivity index (χ0) is 14.8. The van der Waals surface area contributed by atoms with Crippen LogP contribution in [0.2, 0.25) is 5.02 Å². The number of hydrogen-bond acceptors (Lipinski definition) is 4. The van der Waals surface area contributed by atoms with Crippen molar-refractivity contribution in [3.8, 4) is 5.75 Å². The maximum absolute atomic E-state index is 6.03. The van der Waals surface area contributed by atoms with Gasteiger partial charge in [-0.25, -0.2) is 4.98 Å². The van der Waals surface area contributed by atoms with Gasteiger partial charge in [0.2, 0.25) is 0 Å². The fourth-order valence-electron chi connectivity index (χ4n) is 2.29. The van der Waals surface area contributed by atoms with Gasteiger partial charge < -0.3 is 10.1 Å². The second-order valence-corrected chi connectivity index (χ2v) is 6.92. The predicted octanol–water partition coefficient (Wildman–Crippen LogP) is 4.24. The van der Waals surface area contributed by atoms with Crippen LogP contribution in [0.4, 0.5) is 0 Å². The first-order valence-corrected chi connectivity index (χ1v) is 8.44. The molecule has 112 valence electrons. The normalized spacial score (nSPS) is 14.4. The number of rotatable bonds is 6. The quantitative estimate of drug-likeness (QED) is 0.863. The summed E-state index contributed by atoms with van der Waals surface area (Å²) >= 11 is 7.73. The molecule has 0 radical (unpaired) electrons. The van der Waals surface area contributed by atoms with E-state index in [1.807, 2.05) is 26.0 Å². The van der Waals surface area contributed by atoms with E-state index in [1.54, 1.807) is 11.3 Å². The molecule has 21 heavy (non-hydrogen) atoms. The molecule has 0 atom stereocenters. The van der Waals surface area contributed by atoms with E-state index in [-0.39, 0.29) is 0 Å². The molecule has 1 saturated carbocycles. The SMILES string of the molecule is Cc1cc(Cl)cc(C)c1OCc1csc(CNC2CC2)n1. The van der Waals surface area contributed by atoms with E-state index in [2.05, 4.69) is 15.7 Å². The Balaban J connectivity index is 1.59. The molecule has 0 aliphatic heterocycles. The Bertz CT molecular complexity index is 614. The van der Waals surface area contributed by atoms with Gasteiger partial charge in [-0.3, -0.25) is 0 Å². The van der Waals surface area contributed by atoms with E-state index in [9.17, 15) is 0 Å². The van der Waals surface area contributed by atoms with Crippen LogP contribution in [0.15, 0.2) is 17.5 Å². The van der Waals surface area contributed by atoms with E-state index in [4.69, 9.17) is 16.3 Å². The highest BCUT2D eigenvalue weighted by Crippen LogP contribution is 2.28. The number of aromatic nitrogens is 1. The van der Waals surface area contributed by atoms with E-state index in [1.165, 1.54) is 12.8 Å². The third kappa shape index (κ3) is 3.96. The molecule has 0 unspecified atom stereocenters. The molecular weight excluding hydrogens is 304 g/mol. The molecule has 1 aromatic carbocycles. The molecule has 0 bridgehead atoms. The standard InChI is InChI=1S/C16H19ClN2OS/c1-10-5-12(17)6-11(2)16(10)20-8-14-9-21-15(19-14)7-18-13-3-4-13/h5-6,9,13,18H,3-4,7-8H2,1-2H3. The fraction of sp³-hybridized carbons (Fsp3) is 0.438. The van der Waals surface area contributed by atoms with Gasteiger partial charge in [-0.2, -0.15) is 0 Å². The molecule has 1 aliphatic carbocycles. The molecule has 3 rings (SSSR count). The van der Waals surface area contributed by atoms with Crippen LogP contribution in [0.3, 0.4) is 0 Å².